The molecule has 0 aromatic heterocycles. The molecule has 0 aliphatic carbocycles. The lowest BCUT2D eigenvalue weighted by molar-refractivity contribution is -0.116. The van der Waals surface area contributed by atoms with Gasteiger partial charge in [0.05, 0.1) is 6.54 Å². The van der Waals surface area contributed by atoms with Gasteiger partial charge in [-0.1, -0.05) is 56.3 Å². The monoisotopic (exact) mass is 392 g/mol. The van der Waals surface area contributed by atoms with Crippen LogP contribution in [0, 0.1) is 6.92 Å². The second kappa shape index (κ2) is 9.12. The van der Waals surface area contributed by atoms with Gasteiger partial charge in [-0.25, -0.2) is 0 Å². The predicted molar refractivity (Wildman–Crippen MR) is 121 cm³/mol. The second-order valence-corrected chi connectivity index (χ2v) is 8.31. The molecule has 5 nitrogen and oxygen atoms in total. The number of aryl methyl sites for hydroxylation is 1. The molecule has 1 amide bonds. The van der Waals surface area contributed by atoms with Gasteiger partial charge in [0.1, 0.15) is 0 Å². The van der Waals surface area contributed by atoms with E-state index in [4.69, 9.17) is 4.99 Å². The molecule has 0 fully saturated rings. The van der Waals surface area contributed by atoms with E-state index < -0.39 is 0 Å². The summed E-state index contributed by atoms with van der Waals surface area (Å²) in [6.07, 6.45) is 0.484. The molecule has 0 radical (unpaired) electrons. The summed E-state index contributed by atoms with van der Waals surface area (Å²) in [6, 6.07) is 16.5. The molecule has 1 unspecified atom stereocenters. The van der Waals surface area contributed by atoms with Crippen LogP contribution < -0.4 is 16.0 Å². The van der Waals surface area contributed by atoms with Gasteiger partial charge >= 0.3 is 0 Å². The third-order valence-corrected chi connectivity index (χ3v) is 5.47. The lowest BCUT2D eigenvalue weighted by Gasteiger charge is -2.27. The SMILES string of the molecule is CCNC(=NCC(C)(C)c1ccccc1C)NCC1CC(=O)Nc2ccccc21. The van der Waals surface area contributed by atoms with E-state index in [1.807, 2.05) is 18.2 Å². The van der Waals surface area contributed by atoms with Crippen LogP contribution in [-0.4, -0.2) is 31.5 Å². The maximum Gasteiger partial charge on any atom is 0.225 e. The van der Waals surface area contributed by atoms with Crippen molar-refractivity contribution in [1.82, 2.24) is 10.6 Å². The Morgan fingerprint density at radius 3 is 2.62 bits per heavy atom. The topological polar surface area (TPSA) is 65.5 Å². The van der Waals surface area contributed by atoms with E-state index in [9.17, 15) is 4.79 Å². The molecular weight excluding hydrogens is 360 g/mol. The number of anilines is 1. The predicted octanol–water partition coefficient (Wildman–Crippen LogP) is 3.95. The van der Waals surface area contributed by atoms with Crippen molar-refractivity contribution in [2.75, 3.05) is 25.0 Å². The van der Waals surface area contributed by atoms with Gasteiger partial charge in [0.15, 0.2) is 5.96 Å². The largest absolute Gasteiger partial charge is 0.357 e. The van der Waals surface area contributed by atoms with E-state index in [-0.39, 0.29) is 17.2 Å². The van der Waals surface area contributed by atoms with Crippen molar-refractivity contribution in [3.8, 4) is 0 Å². The number of carbonyl (C=O) groups excluding carboxylic acids is 1. The van der Waals surface area contributed by atoms with Crippen LogP contribution in [-0.2, 0) is 10.2 Å². The summed E-state index contributed by atoms with van der Waals surface area (Å²) in [5, 5.41) is 9.74. The quantitative estimate of drug-likeness (QED) is 0.515. The first-order valence-corrected chi connectivity index (χ1v) is 10.4. The van der Waals surface area contributed by atoms with Crippen LogP contribution in [0.2, 0.25) is 0 Å². The normalized spacial score (nSPS) is 16.8. The Morgan fingerprint density at radius 2 is 1.86 bits per heavy atom. The first-order chi connectivity index (χ1) is 13.9. The van der Waals surface area contributed by atoms with Gasteiger partial charge in [-0.2, -0.15) is 0 Å². The Balaban J connectivity index is 1.71. The van der Waals surface area contributed by atoms with Gasteiger partial charge in [-0.05, 0) is 36.6 Å². The molecule has 3 rings (SSSR count). The minimum Gasteiger partial charge on any atom is -0.357 e. The van der Waals surface area contributed by atoms with Crippen LogP contribution in [0.25, 0.3) is 0 Å². The van der Waals surface area contributed by atoms with E-state index in [2.05, 4.69) is 74.0 Å². The van der Waals surface area contributed by atoms with Crippen molar-refractivity contribution in [3.63, 3.8) is 0 Å². The zero-order valence-electron chi connectivity index (χ0n) is 17.9. The number of rotatable bonds is 6. The maximum absolute atomic E-state index is 12.1. The third-order valence-electron chi connectivity index (χ3n) is 5.47. The lowest BCUT2D eigenvalue weighted by atomic mass is 9.82. The fourth-order valence-electron chi connectivity index (χ4n) is 3.94. The Hall–Kier alpha value is -2.82. The third kappa shape index (κ3) is 5.17. The fourth-order valence-corrected chi connectivity index (χ4v) is 3.94. The van der Waals surface area contributed by atoms with Crippen LogP contribution in [0.1, 0.15) is 49.8 Å². The van der Waals surface area contributed by atoms with Gasteiger partial charge in [-0.3, -0.25) is 9.79 Å². The Bertz CT molecular complexity index is 888. The summed E-state index contributed by atoms with van der Waals surface area (Å²) < 4.78 is 0. The van der Waals surface area contributed by atoms with E-state index in [1.165, 1.54) is 16.7 Å². The maximum atomic E-state index is 12.1. The molecule has 5 heteroatoms. The highest BCUT2D eigenvalue weighted by molar-refractivity contribution is 5.94. The van der Waals surface area contributed by atoms with Crippen molar-refractivity contribution in [2.45, 2.75) is 45.4 Å². The molecule has 3 N–H and O–H groups in total. The van der Waals surface area contributed by atoms with Gasteiger partial charge in [0.25, 0.3) is 0 Å². The number of aliphatic imine (C=N–C) groups is 1. The minimum atomic E-state index is -0.0645. The van der Waals surface area contributed by atoms with Gasteiger partial charge in [0.2, 0.25) is 5.91 Å². The van der Waals surface area contributed by atoms with Crippen LogP contribution in [0.4, 0.5) is 5.69 Å². The number of para-hydroxylation sites is 1. The number of hydrogen-bond acceptors (Lipinski definition) is 2. The molecule has 1 atom stereocenters. The highest BCUT2D eigenvalue weighted by Gasteiger charge is 2.25. The summed E-state index contributed by atoms with van der Waals surface area (Å²) in [4.78, 5) is 16.9. The van der Waals surface area contributed by atoms with Crippen LogP contribution in [0.3, 0.4) is 0 Å². The van der Waals surface area contributed by atoms with Gasteiger partial charge < -0.3 is 16.0 Å². The lowest BCUT2D eigenvalue weighted by Crippen LogP contribution is -2.41. The first-order valence-electron chi connectivity index (χ1n) is 10.4. The zero-order valence-corrected chi connectivity index (χ0v) is 17.9. The summed E-state index contributed by atoms with van der Waals surface area (Å²) >= 11 is 0. The van der Waals surface area contributed by atoms with Crippen molar-refractivity contribution in [1.29, 1.82) is 0 Å². The number of benzene rings is 2. The molecule has 0 bridgehead atoms. The van der Waals surface area contributed by atoms with Gasteiger partial charge in [0, 0.05) is 36.5 Å². The molecule has 2 aromatic rings. The molecule has 0 spiro atoms. The summed E-state index contributed by atoms with van der Waals surface area (Å²) in [7, 11) is 0. The van der Waals surface area contributed by atoms with E-state index >= 15 is 0 Å². The molecular formula is C24H32N4O. The number of nitrogens with one attached hydrogen (secondary N) is 3. The fraction of sp³-hybridized carbons (Fsp3) is 0.417. The van der Waals surface area contributed by atoms with Gasteiger partial charge in [-0.15, -0.1) is 0 Å². The van der Waals surface area contributed by atoms with Crippen molar-refractivity contribution >= 4 is 17.6 Å². The average Bonchev–Trinajstić information content (AvgIpc) is 2.70. The molecule has 2 aromatic carbocycles. The number of guanidine groups is 1. The Labute approximate surface area is 174 Å². The summed E-state index contributed by atoms with van der Waals surface area (Å²) in [5.74, 6) is 0.990. The number of amides is 1. The average molecular weight is 393 g/mol. The van der Waals surface area contributed by atoms with Crippen molar-refractivity contribution in [3.05, 3.63) is 65.2 Å². The standard InChI is InChI=1S/C24H32N4O/c1-5-25-23(27-16-24(3,4)20-12-8-6-10-17(20)2)26-15-18-14-22(29)28-21-13-9-7-11-19(18)21/h6-13,18H,5,14-16H2,1-4H3,(H,28,29)(H2,25,26,27). The molecule has 1 heterocycles. The molecule has 0 saturated heterocycles. The second-order valence-electron chi connectivity index (χ2n) is 8.31. The minimum absolute atomic E-state index is 0.0645. The van der Waals surface area contributed by atoms with E-state index in [0.29, 0.717) is 19.5 Å². The Morgan fingerprint density at radius 1 is 1.14 bits per heavy atom. The number of carbonyl (C=O) groups is 1. The summed E-state index contributed by atoms with van der Waals surface area (Å²) in [5.41, 5.74) is 4.63. The molecule has 0 saturated carbocycles. The van der Waals surface area contributed by atoms with E-state index in [1.54, 1.807) is 0 Å². The number of hydrogen-bond donors (Lipinski definition) is 3. The molecule has 1 aliphatic heterocycles. The van der Waals surface area contributed by atoms with Crippen LogP contribution >= 0.6 is 0 Å². The van der Waals surface area contributed by atoms with Crippen LogP contribution in [0.15, 0.2) is 53.5 Å². The van der Waals surface area contributed by atoms with Crippen LogP contribution in [0.5, 0.6) is 0 Å². The number of nitrogens with zero attached hydrogens (tertiary/aromatic N) is 1. The summed E-state index contributed by atoms with van der Waals surface area (Å²) in [6.45, 7) is 10.8. The first kappa shape index (κ1) is 20.9. The van der Waals surface area contributed by atoms with E-state index in [0.717, 1.165) is 18.2 Å². The van der Waals surface area contributed by atoms with Crippen molar-refractivity contribution < 1.29 is 4.79 Å². The Kier molecular flexibility index (Phi) is 6.57. The molecule has 29 heavy (non-hydrogen) atoms. The molecule has 1 aliphatic rings. The van der Waals surface area contributed by atoms with Crippen molar-refractivity contribution in [2.24, 2.45) is 4.99 Å². The highest BCUT2D eigenvalue weighted by atomic mass is 16.1. The molecule has 154 valence electrons. The smallest absolute Gasteiger partial charge is 0.225 e. The number of fused-ring (bicyclic) bond motifs is 1. The zero-order chi connectivity index (χ0) is 20.9. The highest BCUT2D eigenvalue weighted by Crippen LogP contribution is 2.31.